The molecule has 0 unspecified atom stereocenters. The highest BCUT2D eigenvalue weighted by atomic mass is 79.9. The number of nitrogens with zero attached hydrogens (tertiary/aromatic N) is 1. The topological polar surface area (TPSA) is 223 Å². The fourth-order valence-corrected chi connectivity index (χ4v) is 10.8. The lowest BCUT2D eigenvalue weighted by Crippen LogP contribution is -2.69. The molecular formula is C42H48BrFN4O11. The van der Waals surface area contributed by atoms with Gasteiger partial charge >= 0.3 is 5.97 Å². The van der Waals surface area contributed by atoms with E-state index < -0.39 is 94.6 Å². The molecular weight excluding hydrogens is 835 g/mol. The number of halogens is 2. The lowest BCUT2D eigenvalue weighted by atomic mass is 9.44. The number of alkyl halides is 2. The number of amides is 3. The maximum absolute atomic E-state index is 17.7. The summed E-state index contributed by atoms with van der Waals surface area (Å²) < 4.78 is 32.7. The largest absolute Gasteiger partial charge is 0.481 e. The van der Waals surface area contributed by atoms with Crippen LogP contribution in [0.5, 0.6) is 0 Å². The SMILES string of the molecule is C[C@]12C=CC(=O)C=C1CC[C@H]1[C@@H]3C[C@H]4O[C@@H](c5ccn(Cc6ccc(NC(=O)[C@H](CCC(=O)O)NC(=O)CNC(=O)CBr)cc6)c5)O[C@@]4(C(=O)CO)[C@@]3(C)C[C@H](O)[C@@]12F. The van der Waals surface area contributed by atoms with Crippen molar-refractivity contribution in [1.29, 1.82) is 0 Å². The molecule has 7 rings (SSSR count). The van der Waals surface area contributed by atoms with E-state index in [1.54, 1.807) is 43.3 Å². The first-order valence-electron chi connectivity index (χ1n) is 19.7. The molecule has 15 nitrogen and oxygen atoms in total. The smallest absolute Gasteiger partial charge is 0.303 e. The number of anilines is 1. The van der Waals surface area contributed by atoms with Crippen LogP contribution < -0.4 is 16.0 Å². The van der Waals surface area contributed by atoms with Crippen LogP contribution in [0.1, 0.15) is 69.8 Å². The van der Waals surface area contributed by atoms with Crippen molar-refractivity contribution in [3.8, 4) is 0 Å². The molecule has 17 heteroatoms. The Kier molecular flexibility index (Phi) is 11.6. The number of carbonyl (C=O) groups is 6. The minimum absolute atomic E-state index is 0.0102. The first kappa shape index (κ1) is 42.6. The van der Waals surface area contributed by atoms with E-state index in [-0.39, 0.29) is 43.3 Å². The van der Waals surface area contributed by atoms with Gasteiger partial charge in [0.05, 0.1) is 24.1 Å². The molecule has 2 heterocycles. The van der Waals surface area contributed by atoms with Gasteiger partial charge in [-0.15, -0.1) is 0 Å². The van der Waals surface area contributed by atoms with Gasteiger partial charge in [-0.3, -0.25) is 28.8 Å². The summed E-state index contributed by atoms with van der Waals surface area (Å²) in [6, 6.07) is 7.51. The Labute approximate surface area is 347 Å². The molecule has 1 aromatic carbocycles. The summed E-state index contributed by atoms with van der Waals surface area (Å²) in [4.78, 5) is 74.2. The van der Waals surface area contributed by atoms with Gasteiger partial charge in [0, 0.05) is 53.4 Å². The number of Topliss-reactive ketones (excluding diaryl/α,β-unsaturated/α-hetero) is 1. The second-order valence-corrected chi connectivity index (χ2v) is 17.2. The van der Waals surface area contributed by atoms with Crippen molar-refractivity contribution >= 4 is 56.9 Å². The normalized spacial score (nSPS) is 33.4. The van der Waals surface area contributed by atoms with E-state index in [4.69, 9.17) is 14.6 Å². The van der Waals surface area contributed by atoms with Gasteiger partial charge in [0.1, 0.15) is 12.6 Å². The van der Waals surface area contributed by atoms with Gasteiger partial charge in [0.2, 0.25) is 17.7 Å². The van der Waals surface area contributed by atoms with E-state index in [2.05, 4.69) is 31.9 Å². The number of hydrogen-bond acceptors (Lipinski definition) is 10. The molecule has 1 aromatic heterocycles. The predicted octanol–water partition coefficient (Wildman–Crippen LogP) is 3.03. The third-order valence-electron chi connectivity index (χ3n) is 13.4. The second-order valence-electron chi connectivity index (χ2n) is 16.7. The molecule has 6 N–H and O–H groups in total. The zero-order valence-corrected chi connectivity index (χ0v) is 34.2. The molecule has 59 heavy (non-hydrogen) atoms. The van der Waals surface area contributed by atoms with Crippen LogP contribution in [0.2, 0.25) is 0 Å². The van der Waals surface area contributed by atoms with Crippen molar-refractivity contribution < 1.29 is 58.0 Å². The van der Waals surface area contributed by atoms with E-state index in [0.717, 1.165) is 5.56 Å². The number of benzene rings is 1. The zero-order valence-electron chi connectivity index (χ0n) is 32.6. The van der Waals surface area contributed by atoms with Gasteiger partial charge in [-0.1, -0.05) is 46.6 Å². The Hall–Kier alpha value is -4.55. The monoisotopic (exact) mass is 882 g/mol. The second kappa shape index (κ2) is 16.1. The van der Waals surface area contributed by atoms with E-state index >= 15 is 4.39 Å². The van der Waals surface area contributed by atoms with Gasteiger partial charge in [-0.25, -0.2) is 4.39 Å². The summed E-state index contributed by atoms with van der Waals surface area (Å²) in [5.41, 5.74) is -3.50. The van der Waals surface area contributed by atoms with Gasteiger partial charge in [0.25, 0.3) is 0 Å². The molecule has 3 amide bonds. The van der Waals surface area contributed by atoms with Crippen molar-refractivity contribution in [2.45, 2.75) is 94.7 Å². The molecule has 316 valence electrons. The van der Waals surface area contributed by atoms with E-state index in [1.165, 1.54) is 12.2 Å². The highest BCUT2D eigenvalue weighted by Crippen LogP contribution is 2.72. The number of carbonyl (C=O) groups excluding carboxylic acids is 5. The molecule has 5 aliphatic rings. The molecule has 0 radical (unpaired) electrons. The molecule has 2 aromatic rings. The number of aromatic nitrogens is 1. The number of aliphatic carboxylic acids is 1. The number of rotatable bonds is 14. The number of aliphatic hydroxyl groups is 2. The molecule has 1 aliphatic heterocycles. The number of carboxylic acid groups (broad SMARTS) is 1. The number of nitrogens with one attached hydrogen (secondary N) is 3. The maximum Gasteiger partial charge on any atom is 0.303 e. The van der Waals surface area contributed by atoms with E-state index in [0.29, 0.717) is 36.2 Å². The quantitative estimate of drug-likeness (QED) is 0.151. The van der Waals surface area contributed by atoms with Crippen LogP contribution in [0.15, 0.2) is 66.5 Å². The van der Waals surface area contributed by atoms with Crippen molar-refractivity contribution in [3.63, 3.8) is 0 Å². The highest BCUT2D eigenvalue weighted by molar-refractivity contribution is 9.09. The van der Waals surface area contributed by atoms with Crippen LogP contribution in [-0.4, -0.2) is 103 Å². The first-order chi connectivity index (χ1) is 28.0. The van der Waals surface area contributed by atoms with Crippen LogP contribution in [0.4, 0.5) is 10.1 Å². The van der Waals surface area contributed by atoms with Gasteiger partial charge < -0.3 is 45.3 Å². The summed E-state index contributed by atoms with van der Waals surface area (Å²) >= 11 is 2.98. The fraction of sp³-hybridized carbons (Fsp3) is 0.524. The number of hydrogen-bond donors (Lipinski definition) is 6. The molecule has 0 spiro atoms. The minimum atomic E-state index is -2.10. The average molecular weight is 884 g/mol. The summed E-state index contributed by atoms with van der Waals surface area (Å²) in [6.07, 6.45) is 5.23. The van der Waals surface area contributed by atoms with Crippen LogP contribution in [0, 0.1) is 22.7 Å². The molecule has 4 fully saturated rings. The Bertz CT molecular complexity index is 2110. The molecule has 10 atom stereocenters. The Balaban J connectivity index is 1.02. The third-order valence-corrected chi connectivity index (χ3v) is 13.9. The third kappa shape index (κ3) is 7.28. The van der Waals surface area contributed by atoms with Crippen LogP contribution >= 0.6 is 15.9 Å². The highest BCUT2D eigenvalue weighted by Gasteiger charge is 2.79. The van der Waals surface area contributed by atoms with Crippen molar-refractivity contribution in [2.75, 3.05) is 23.8 Å². The summed E-state index contributed by atoms with van der Waals surface area (Å²) in [7, 11) is 0. The lowest BCUT2D eigenvalue weighted by molar-refractivity contribution is -0.231. The Morgan fingerprint density at radius 2 is 1.83 bits per heavy atom. The molecule has 4 aliphatic carbocycles. The predicted molar refractivity (Wildman–Crippen MR) is 211 cm³/mol. The van der Waals surface area contributed by atoms with Crippen molar-refractivity contribution in [2.24, 2.45) is 22.7 Å². The van der Waals surface area contributed by atoms with Crippen LogP contribution in [0.3, 0.4) is 0 Å². The fourth-order valence-electron chi connectivity index (χ4n) is 10.6. The number of carboxylic acids is 1. The van der Waals surface area contributed by atoms with Gasteiger partial charge in [-0.2, -0.15) is 0 Å². The summed E-state index contributed by atoms with van der Waals surface area (Å²) in [5, 5.41) is 38.8. The number of allylic oxidation sites excluding steroid dienone is 4. The number of ketones is 2. The van der Waals surface area contributed by atoms with Crippen LogP contribution in [0.25, 0.3) is 0 Å². The number of ether oxygens (including phenoxy) is 2. The Morgan fingerprint density at radius 3 is 2.53 bits per heavy atom. The number of aliphatic hydroxyl groups excluding tert-OH is 2. The summed E-state index contributed by atoms with van der Waals surface area (Å²) in [5.74, 6) is -4.73. The molecule has 0 bridgehead atoms. The van der Waals surface area contributed by atoms with E-state index in [9.17, 15) is 39.0 Å². The van der Waals surface area contributed by atoms with Gasteiger partial charge in [0.15, 0.2) is 29.1 Å². The average Bonchev–Trinajstić information content (AvgIpc) is 3.89. The number of fused-ring (bicyclic) bond motifs is 7. The van der Waals surface area contributed by atoms with E-state index in [1.807, 2.05) is 23.9 Å². The van der Waals surface area contributed by atoms with Crippen LogP contribution in [-0.2, 0) is 44.8 Å². The standard InChI is InChI=1S/C42H48BrFN4O11/c1-39-13-11-27(50)15-25(39)5-8-28-29-16-33-42(32(52)22-49,40(29,2)17-31(51)41(28,39)44)59-38(58-33)24-12-14-48(21-24)20-23-3-6-26(7-4-23)46-37(57)30(9-10-36(55)56)47-35(54)19-45-34(53)18-43/h3-4,6-7,11-15,21,28-31,33,38,49,51H,5,8-10,16-20,22H2,1-2H3,(H,45,53)(H,46,57)(H,47,54)(H,55,56)/t28-,29-,30-,31-,33+,38+,39-,40-,41-,42+/m0/s1. The molecule has 1 saturated heterocycles. The van der Waals surface area contributed by atoms with Gasteiger partial charge in [-0.05, 0) is 80.9 Å². The van der Waals surface area contributed by atoms with Crippen molar-refractivity contribution in [1.82, 2.24) is 15.2 Å². The minimum Gasteiger partial charge on any atom is -0.481 e. The van der Waals surface area contributed by atoms with Crippen molar-refractivity contribution in [3.05, 3.63) is 77.7 Å². The maximum atomic E-state index is 17.7. The summed E-state index contributed by atoms with van der Waals surface area (Å²) in [6.45, 7) is 2.76. The Morgan fingerprint density at radius 1 is 1.08 bits per heavy atom. The first-order valence-corrected chi connectivity index (χ1v) is 20.8. The zero-order chi connectivity index (χ0) is 42.5. The molecule has 3 saturated carbocycles. The lowest BCUT2D eigenvalue weighted by Gasteiger charge is -2.62.